The lowest BCUT2D eigenvalue weighted by Gasteiger charge is -2.09. The third kappa shape index (κ3) is 3.37. The van der Waals surface area contributed by atoms with Gasteiger partial charge in [0.05, 0.1) is 17.6 Å². The van der Waals surface area contributed by atoms with Crippen LogP contribution in [0.4, 0.5) is 14.5 Å². The summed E-state index contributed by atoms with van der Waals surface area (Å²) >= 11 is 0. The number of rotatable bonds is 4. The number of hydrogen-bond acceptors (Lipinski definition) is 3. The first kappa shape index (κ1) is 15.2. The van der Waals surface area contributed by atoms with E-state index in [1.165, 1.54) is 12.3 Å². The van der Waals surface area contributed by atoms with Gasteiger partial charge in [0.1, 0.15) is 11.6 Å². The zero-order valence-electron chi connectivity index (χ0n) is 11.6. The zero-order chi connectivity index (χ0) is 16.4. The van der Waals surface area contributed by atoms with Gasteiger partial charge in [0.25, 0.3) is 10.0 Å². The maximum absolute atomic E-state index is 13.1. The standard InChI is InChI=1S/C15H11F2N3O2S/c16-11-7-12(17)9-13(8-11)19-23(21,22)15-4-3-14(10-18-15)20-5-1-2-6-20/h1-10,19H. The molecule has 0 saturated heterocycles. The minimum atomic E-state index is -4.04. The quantitative estimate of drug-likeness (QED) is 0.797. The first-order valence-corrected chi connectivity index (χ1v) is 8.01. The molecule has 2 heterocycles. The highest BCUT2D eigenvalue weighted by Gasteiger charge is 2.17. The van der Waals surface area contributed by atoms with Crippen LogP contribution in [0.2, 0.25) is 0 Å². The number of anilines is 1. The molecule has 1 aromatic carbocycles. The highest BCUT2D eigenvalue weighted by Crippen LogP contribution is 2.18. The molecule has 0 saturated carbocycles. The molecule has 8 heteroatoms. The molecule has 0 radical (unpaired) electrons. The van der Waals surface area contributed by atoms with Gasteiger partial charge in [-0.2, -0.15) is 8.42 Å². The summed E-state index contributed by atoms with van der Waals surface area (Å²) in [5, 5.41) is -0.252. The molecule has 0 amide bonds. The first-order chi connectivity index (χ1) is 10.9. The molecule has 23 heavy (non-hydrogen) atoms. The summed E-state index contributed by atoms with van der Waals surface area (Å²) < 4.78 is 54.5. The Kier molecular flexibility index (Phi) is 3.83. The molecule has 0 unspecified atom stereocenters. The van der Waals surface area contributed by atoms with Gasteiger partial charge in [-0.1, -0.05) is 0 Å². The number of halogens is 2. The molecule has 3 aromatic rings. The van der Waals surface area contributed by atoms with E-state index in [2.05, 4.69) is 9.71 Å². The summed E-state index contributed by atoms with van der Waals surface area (Å²) in [7, 11) is -4.04. The topological polar surface area (TPSA) is 64.0 Å². The average Bonchev–Trinajstić information content (AvgIpc) is 3.00. The van der Waals surface area contributed by atoms with Crippen LogP contribution in [0.15, 0.2) is 66.1 Å². The number of nitrogens with one attached hydrogen (secondary N) is 1. The predicted octanol–water partition coefficient (Wildman–Crippen LogP) is 2.95. The van der Waals surface area contributed by atoms with Gasteiger partial charge >= 0.3 is 0 Å². The van der Waals surface area contributed by atoms with E-state index in [-0.39, 0.29) is 10.7 Å². The van der Waals surface area contributed by atoms with Gasteiger partial charge in [-0.3, -0.25) is 4.72 Å². The van der Waals surface area contributed by atoms with E-state index >= 15 is 0 Å². The predicted molar refractivity (Wildman–Crippen MR) is 80.7 cm³/mol. The molecule has 118 valence electrons. The van der Waals surface area contributed by atoms with Crippen LogP contribution in [0.5, 0.6) is 0 Å². The fourth-order valence-corrected chi connectivity index (χ4v) is 2.98. The van der Waals surface area contributed by atoms with Crippen LogP contribution in [0, 0.1) is 11.6 Å². The third-order valence-corrected chi connectivity index (χ3v) is 4.31. The Hall–Kier alpha value is -2.74. The molecule has 3 rings (SSSR count). The molecule has 0 aliphatic carbocycles. The van der Waals surface area contributed by atoms with Crippen LogP contribution < -0.4 is 4.72 Å². The molecule has 1 N–H and O–H groups in total. The Labute approximate surface area is 131 Å². The zero-order valence-corrected chi connectivity index (χ0v) is 12.5. The van der Waals surface area contributed by atoms with Crippen LogP contribution >= 0.6 is 0 Å². The minimum Gasteiger partial charge on any atom is -0.322 e. The van der Waals surface area contributed by atoms with Gasteiger partial charge in [0.2, 0.25) is 0 Å². The normalized spacial score (nSPS) is 11.4. The number of nitrogens with zero attached hydrogens (tertiary/aromatic N) is 2. The maximum Gasteiger partial charge on any atom is 0.279 e. The molecule has 0 spiro atoms. The van der Waals surface area contributed by atoms with Gasteiger partial charge in [0, 0.05) is 18.5 Å². The van der Waals surface area contributed by atoms with Crippen molar-refractivity contribution in [3.8, 4) is 5.69 Å². The van der Waals surface area contributed by atoms with E-state index in [0.29, 0.717) is 11.8 Å². The van der Waals surface area contributed by atoms with Crippen molar-refractivity contribution in [2.45, 2.75) is 5.03 Å². The molecule has 5 nitrogen and oxygen atoms in total. The molecular formula is C15H11F2N3O2S. The van der Waals surface area contributed by atoms with Crippen molar-refractivity contribution in [3.63, 3.8) is 0 Å². The monoisotopic (exact) mass is 335 g/mol. The molecule has 0 atom stereocenters. The second-order valence-corrected chi connectivity index (χ2v) is 6.34. The van der Waals surface area contributed by atoms with Gasteiger partial charge in [-0.15, -0.1) is 0 Å². The number of hydrogen-bond donors (Lipinski definition) is 1. The molecule has 0 aliphatic heterocycles. The van der Waals surface area contributed by atoms with Crippen molar-refractivity contribution in [3.05, 3.63) is 72.7 Å². The molecular weight excluding hydrogens is 324 g/mol. The second-order valence-electron chi connectivity index (χ2n) is 4.71. The summed E-state index contributed by atoms with van der Waals surface area (Å²) in [6.45, 7) is 0. The van der Waals surface area contributed by atoms with Crippen molar-refractivity contribution in [1.29, 1.82) is 0 Å². The van der Waals surface area contributed by atoms with Crippen molar-refractivity contribution >= 4 is 15.7 Å². The van der Waals surface area contributed by atoms with E-state index in [9.17, 15) is 17.2 Å². The summed E-state index contributed by atoms with van der Waals surface area (Å²) in [6.07, 6.45) is 4.97. The van der Waals surface area contributed by atoms with Crippen LogP contribution in [-0.2, 0) is 10.0 Å². The van der Waals surface area contributed by atoms with E-state index < -0.39 is 21.7 Å². The number of aromatic nitrogens is 2. The van der Waals surface area contributed by atoms with Gasteiger partial charge in [0.15, 0.2) is 5.03 Å². The minimum absolute atomic E-state index is 0.209. The summed E-state index contributed by atoms with van der Waals surface area (Å²) in [6, 6.07) is 8.96. The Morgan fingerprint density at radius 3 is 2.22 bits per heavy atom. The lowest BCUT2D eigenvalue weighted by molar-refractivity contribution is 0.584. The van der Waals surface area contributed by atoms with E-state index in [1.807, 2.05) is 12.1 Å². The van der Waals surface area contributed by atoms with Crippen molar-refractivity contribution in [2.75, 3.05) is 4.72 Å². The Bertz CT molecular complexity index is 904. The smallest absolute Gasteiger partial charge is 0.279 e. The van der Waals surface area contributed by atoms with Crippen LogP contribution in [0.25, 0.3) is 5.69 Å². The fraction of sp³-hybridized carbons (Fsp3) is 0. The van der Waals surface area contributed by atoms with E-state index in [1.54, 1.807) is 23.0 Å². The lowest BCUT2D eigenvalue weighted by Crippen LogP contribution is -2.15. The van der Waals surface area contributed by atoms with Crippen molar-refractivity contribution in [2.24, 2.45) is 0 Å². The van der Waals surface area contributed by atoms with Crippen LogP contribution in [0.1, 0.15) is 0 Å². The number of pyridine rings is 1. The molecule has 0 bridgehead atoms. The summed E-state index contributed by atoms with van der Waals surface area (Å²) in [5.41, 5.74) is 0.476. The highest BCUT2D eigenvalue weighted by atomic mass is 32.2. The summed E-state index contributed by atoms with van der Waals surface area (Å²) in [5.74, 6) is -1.75. The second kappa shape index (κ2) is 5.81. The number of benzene rings is 1. The average molecular weight is 335 g/mol. The van der Waals surface area contributed by atoms with Gasteiger partial charge in [-0.05, 0) is 36.4 Å². The van der Waals surface area contributed by atoms with Crippen LogP contribution in [-0.4, -0.2) is 18.0 Å². The Morgan fingerprint density at radius 2 is 1.65 bits per heavy atom. The third-order valence-electron chi connectivity index (χ3n) is 3.01. The van der Waals surface area contributed by atoms with Crippen LogP contribution in [0.3, 0.4) is 0 Å². The van der Waals surface area contributed by atoms with Gasteiger partial charge in [-0.25, -0.2) is 13.8 Å². The van der Waals surface area contributed by atoms with Crippen molar-refractivity contribution < 1.29 is 17.2 Å². The largest absolute Gasteiger partial charge is 0.322 e. The summed E-state index contributed by atoms with van der Waals surface area (Å²) in [4.78, 5) is 3.89. The van der Waals surface area contributed by atoms with Gasteiger partial charge < -0.3 is 4.57 Å². The number of sulfonamides is 1. The Morgan fingerprint density at radius 1 is 1.00 bits per heavy atom. The molecule has 0 aliphatic rings. The highest BCUT2D eigenvalue weighted by molar-refractivity contribution is 7.92. The first-order valence-electron chi connectivity index (χ1n) is 6.52. The van der Waals surface area contributed by atoms with E-state index in [4.69, 9.17) is 0 Å². The van der Waals surface area contributed by atoms with Crippen molar-refractivity contribution in [1.82, 2.24) is 9.55 Å². The maximum atomic E-state index is 13.1. The van der Waals surface area contributed by atoms with E-state index in [0.717, 1.165) is 12.1 Å². The lowest BCUT2D eigenvalue weighted by atomic mass is 10.3. The Balaban J connectivity index is 1.87. The SMILES string of the molecule is O=S(=O)(Nc1cc(F)cc(F)c1)c1ccc(-n2cccc2)cn1. The molecule has 2 aromatic heterocycles. The molecule has 0 fully saturated rings. The fourth-order valence-electron chi connectivity index (χ4n) is 2.01.